The molecule has 0 N–H and O–H groups in total. The minimum atomic E-state index is 0.136. The van der Waals surface area contributed by atoms with E-state index in [2.05, 4.69) is 19.9 Å². The Morgan fingerprint density at radius 1 is 1.05 bits per heavy atom. The molecule has 0 bridgehead atoms. The molecule has 0 saturated heterocycles. The molecule has 2 aromatic rings. The topological polar surface area (TPSA) is 26.3 Å². The first kappa shape index (κ1) is 15.3. The lowest BCUT2D eigenvalue weighted by atomic mass is 9.99. The van der Waals surface area contributed by atoms with Gasteiger partial charge in [0, 0.05) is 12.0 Å². The monoisotopic (exact) mass is 282 g/mol. The quantitative estimate of drug-likeness (QED) is 0.697. The maximum absolute atomic E-state index is 12.2. The van der Waals surface area contributed by atoms with Crippen LogP contribution < -0.4 is 4.74 Å². The van der Waals surface area contributed by atoms with Crippen LogP contribution >= 0.6 is 0 Å². The third kappa shape index (κ3) is 5.07. The third-order valence-electron chi connectivity index (χ3n) is 3.23. The van der Waals surface area contributed by atoms with Crippen molar-refractivity contribution in [3.63, 3.8) is 0 Å². The molecule has 0 aromatic heterocycles. The number of ether oxygens (including phenoxy) is 1. The highest BCUT2D eigenvalue weighted by Crippen LogP contribution is 2.13. The molecular formula is C19H22O2. The lowest BCUT2D eigenvalue weighted by Crippen LogP contribution is -2.07. The van der Waals surface area contributed by atoms with E-state index in [1.54, 1.807) is 0 Å². The Morgan fingerprint density at radius 3 is 2.52 bits per heavy atom. The van der Waals surface area contributed by atoms with Gasteiger partial charge >= 0.3 is 0 Å². The van der Waals surface area contributed by atoms with Crippen molar-refractivity contribution in [3.05, 3.63) is 65.7 Å². The van der Waals surface area contributed by atoms with Crippen LogP contribution in [0.1, 0.15) is 36.2 Å². The first-order valence-corrected chi connectivity index (χ1v) is 7.45. The minimum Gasteiger partial charge on any atom is -0.493 e. The summed E-state index contributed by atoms with van der Waals surface area (Å²) in [4.78, 5) is 12.2. The number of Topliss-reactive ketones (excluding diaryl/α,β-unsaturated/α-hetero) is 1. The number of hydrogen-bond donors (Lipinski definition) is 0. The molecule has 0 spiro atoms. The minimum absolute atomic E-state index is 0.136. The standard InChI is InChI=1S/C19H22O2/c1-15(2)13-16-7-6-8-17(14-16)19(20)11-12-21-18-9-4-3-5-10-18/h3-10,14-15H,11-13H2,1-2H3. The summed E-state index contributed by atoms with van der Waals surface area (Å²) >= 11 is 0. The van der Waals surface area contributed by atoms with Crippen molar-refractivity contribution in [2.45, 2.75) is 26.7 Å². The average Bonchev–Trinajstić information content (AvgIpc) is 2.48. The predicted octanol–water partition coefficient (Wildman–Crippen LogP) is 4.54. The van der Waals surface area contributed by atoms with Crippen molar-refractivity contribution in [1.82, 2.24) is 0 Å². The fourth-order valence-electron chi connectivity index (χ4n) is 2.27. The second-order valence-corrected chi connectivity index (χ2v) is 5.63. The molecule has 0 fully saturated rings. The largest absolute Gasteiger partial charge is 0.493 e. The summed E-state index contributed by atoms with van der Waals surface area (Å²) in [5.74, 6) is 1.53. The van der Waals surface area contributed by atoms with E-state index in [1.165, 1.54) is 5.56 Å². The average molecular weight is 282 g/mol. The van der Waals surface area contributed by atoms with E-state index in [4.69, 9.17) is 4.74 Å². The summed E-state index contributed by atoms with van der Waals surface area (Å²) in [5, 5.41) is 0. The Labute approximate surface area is 126 Å². The molecule has 0 aliphatic carbocycles. The molecule has 0 saturated carbocycles. The van der Waals surface area contributed by atoms with Crippen LogP contribution in [0, 0.1) is 5.92 Å². The van der Waals surface area contributed by atoms with Gasteiger partial charge in [-0.15, -0.1) is 0 Å². The van der Waals surface area contributed by atoms with Crippen LogP contribution in [0.5, 0.6) is 5.75 Å². The van der Waals surface area contributed by atoms with Crippen molar-refractivity contribution in [2.75, 3.05) is 6.61 Å². The van der Waals surface area contributed by atoms with E-state index >= 15 is 0 Å². The van der Waals surface area contributed by atoms with Crippen LogP contribution in [0.3, 0.4) is 0 Å². The Bertz CT molecular complexity index is 573. The molecule has 2 heteroatoms. The zero-order valence-corrected chi connectivity index (χ0v) is 12.7. The number of ketones is 1. The molecule has 0 atom stereocenters. The van der Waals surface area contributed by atoms with E-state index in [9.17, 15) is 4.79 Å². The van der Waals surface area contributed by atoms with Crippen LogP contribution in [0.25, 0.3) is 0 Å². The van der Waals surface area contributed by atoms with Crippen LogP contribution in [0.2, 0.25) is 0 Å². The molecule has 2 aromatic carbocycles. The summed E-state index contributed by atoms with van der Waals surface area (Å²) < 4.78 is 5.57. The molecule has 0 aliphatic heterocycles. The summed E-state index contributed by atoms with van der Waals surface area (Å²) in [6, 6.07) is 17.5. The van der Waals surface area contributed by atoms with E-state index in [0.29, 0.717) is 18.9 Å². The molecule has 21 heavy (non-hydrogen) atoms. The number of rotatable bonds is 7. The van der Waals surface area contributed by atoms with Gasteiger partial charge < -0.3 is 4.74 Å². The SMILES string of the molecule is CC(C)Cc1cccc(C(=O)CCOc2ccccc2)c1. The fraction of sp³-hybridized carbons (Fsp3) is 0.316. The van der Waals surface area contributed by atoms with Crippen LogP contribution in [-0.2, 0) is 6.42 Å². The van der Waals surface area contributed by atoms with Gasteiger partial charge in [-0.3, -0.25) is 4.79 Å². The zero-order valence-electron chi connectivity index (χ0n) is 12.7. The highest BCUT2D eigenvalue weighted by molar-refractivity contribution is 5.96. The maximum atomic E-state index is 12.2. The van der Waals surface area contributed by atoms with Crippen LogP contribution in [-0.4, -0.2) is 12.4 Å². The van der Waals surface area contributed by atoms with Gasteiger partial charge in [0.25, 0.3) is 0 Å². The molecule has 2 rings (SSSR count). The van der Waals surface area contributed by atoms with E-state index in [-0.39, 0.29) is 5.78 Å². The summed E-state index contributed by atoms with van der Waals surface area (Å²) in [5.41, 5.74) is 2.00. The molecule has 0 radical (unpaired) electrons. The highest BCUT2D eigenvalue weighted by Gasteiger charge is 2.07. The Morgan fingerprint density at radius 2 is 1.81 bits per heavy atom. The molecule has 0 heterocycles. The van der Waals surface area contributed by atoms with Crippen LogP contribution in [0.15, 0.2) is 54.6 Å². The number of para-hydroxylation sites is 1. The van der Waals surface area contributed by atoms with Gasteiger partial charge in [-0.25, -0.2) is 0 Å². The van der Waals surface area contributed by atoms with Gasteiger partial charge in [0.1, 0.15) is 5.75 Å². The molecule has 110 valence electrons. The van der Waals surface area contributed by atoms with Gasteiger partial charge in [0.15, 0.2) is 5.78 Å². The molecule has 2 nitrogen and oxygen atoms in total. The fourth-order valence-corrected chi connectivity index (χ4v) is 2.27. The van der Waals surface area contributed by atoms with Gasteiger partial charge in [0.2, 0.25) is 0 Å². The molecule has 0 amide bonds. The van der Waals surface area contributed by atoms with Gasteiger partial charge in [-0.1, -0.05) is 50.2 Å². The Balaban J connectivity index is 1.88. The van der Waals surface area contributed by atoms with E-state index < -0.39 is 0 Å². The number of carbonyl (C=O) groups is 1. The smallest absolute Gasteiger partial charge is 0.166 e. The summed E-state index contributed by atoms with van der Waals surface area (Å²) in [7, 11) is 0. The Kier molecular flexibility index (Phi) is 5.56. The van der Waals surface area contributed by atoms with Crippen molar-refractivity contribution in [3.8, 4) is 5.75 Å². The van der Waals surface area contributed by atoms with Crippen LogP contribution in [0.4, 0.5) is 0 Å². The molecule has 0 aliphatic rings. The summed E-state index contributed by atoms with van der Waals surface area (Å²) in [6.07, 6.45) is 1.40. The predicted molar refractivity (Wildman–Crippen MR) is 85.9 cm³/mol. The Hall–Kier alpha value is -2.09. The summed E-state index contributed by atoms with van der Waals surface area (Å²) in [6.45, 7) is 4.78. The number of carbonyl (C=O) groups excluding carboxylic acids is 1. The van der Waals surface area contributed by atoms with Gasteiger partial charge in [-0.2, -0.15) is 0 Å². The molecular weight excluding hydrogens is 260 g/mol. The van der Waals surface area contributed by atoms with Gasteiger partial charge in [0.05, 0.1) is 6.61 Å². The maximum Gasteiger partial charge on any atom is 0.166 e. The lowest BCUT2D eigenvalue weighted by Gasteiger charge is -2.08. The van der Waals surface area contributed by atoms with E-state index in [0.717, 1.165) is 17.7 Å². The highest BCUT2D eigenvalue weighted by atomic mass is 16.5. The second kappa shape index (κ2) is 7.63. The molecule has 0 unspecified atom stereocenters. The second-order valence-electron chi connectivity index (χ2n) is 5.63. The normalized spacial score (nSPS) is 10.6. The van der Waals surface area contributed by atoms with Crippen molar-refractivity contribution >= 4 is 5.78 Å². The van der Waals surface area contributed by atoms with Crippen molar-refractivity contribution in [1.29, 1.82) is 0 Å². The first-order chi connectivity index (χ1) is 10.1. The van der Waals surface area contributed by atoms with Gasteiger partial charge in [-0.05, 0) is 36.1 Å². The van der Waals surface area contributed by atoms with E-state index in [1.807, 2.05) is 48.5 Å². The lowest BCUT2D eigenvalue weighted by molar-refractivity contribution is 0.0962. The first-order valence-electron chi connectivity index (χ1n) is 7.45. The van der Waals surface area contributed by atoms with Crippen molar-refractivity contribution in [2.24, 2.45) is 5.92 Å². The third-order valence-corrected chi connectivity index (χ3v) is 3.23. The number of hydrogen-bond acceptors (Lipinski definition) is 2. The van der Waals surface area contributed by atoms with Crippen molar-refractivity contribution < 1.29 is 9.53 Å². The number of benzene rings is 2. The zero-order chi connectivity index (χ0) is 15.1.